The van der Waals surface area contributed by atoms with Crippen LogP contribution in [0.15, 0.2) is 53.4 Å². The number of aryl methyl sites for hydroxylation is 1. The number of para-hydroxylation sites is 1. The summed E-state index contributed by atoms with van der Waals surface area (Å²) in [7, 11) is 0. The third-order valence-corrected chi connectivity index (χ3v) is 4.32. The highest BCUT2D eigenvalue weighted by atomic mass is 32.2. The Hall–Kier alpha value is -1.41. The Bertz CT molecular complexity index is 442. The maximum absolute atomic E-state index is 5.30. The number of hydrogen-bond acceptors (Lipinski definition) is 2. The molecule has 0 aromatic heterocycles. The molecule has 2 heteroatoms. The quantitative estimate of drug-likeness (QED) is 0.460. The Morgan fingerprint density at radius 3 is 1.77 bits per heavy atom. The van der Waals surface area contributed by atoms with Crippen molar-refractivity contribution in [2.45, 2.75) is 73.1 Å². The largest absolute Gasteiger partial charge is 0.493 e. The van der Waals surface area contributed by atoms with Crippen molar-refractivity contribution in [3.05, 3.63) is 59.7 Å². The molecule has 2 heterocycles. The third-order valence-electron chi connectivity index (χ3n) is 3.20. The van der Waals surface area contributed by atoms with Crippen molar-refractivity contribution in [2.75, 3.05) is 12.4 Å². The van der Waals surface area contributed by atoms with E-state index >= 15 is 0 Å². The van der Waals surface area contributed by atoms with Gasteiger partial charge in [0.05, 0.1) is 6.61 Å². The van der Waals surface area contributed by atoms with Gasteiger partial charge in [-0.1, -0.05) is 91.8 Å². The van der Waals surface area contributed by atoms with Crippen LogP contribution in [0.1, 0.15) is 66.5 Å². The van der Waals surface area contributed by atoms with Gasteiger partial charge >= 0.3 is 0 Å². The van der Waals surface area contributed by atoms with Crippen LogP contribution in [0.5, 0.6) is 5.75 Å². The zero-order valence-corrected chi connectivity index (χ0v) is 19.1. The van der Waals surface area contributed by atoms with E-state index < -0.39 is 0 Å². The summed E-state index contributed by atoms with van der Waals surface area (Å²) in [6, 6.07) is 16.8. The SMILES string of the molecule is CC.CC.CC.CC.c1ccc2c(c1)CCO2.c1ccc2c(c1)CCS2. The summed E-state index contributed by atoms with van der Waals surface area (Å²) in [4.78, 5) is 1.48. The number of thioether (sulfide) groups is 1. The van der Waals surface area contributed by atoms with Crippen molar-refractivity contribution in [3.63, 3.8) is 0 Å². The van der Waals surface area contributed by atoms with Crippen LogP contribution in [0.3, 0.4) is 0 Å². The number of hydrogen-bond donors (Lipinski definition) is 0. The summed E-state index contributed by atoms with van der Waals surface area (Å²) in [6.07, 6.45) is 2.34. The van der Waals surface area contributed by atoms with Gasteiger partial charge in [0, 0.05) is 17.1 Å². The molecule has 1 nitrogen and oxygen atoms in total. The first-order valence-electron chi connectivity index (χ1n) is 10.3. The van der Waals surface area contributed by atoms with E-state index in [1.165, 1.54) is 28.2 Å². The van der Waals surface area contributed by atoms with Crippen molar-refractivity contribution in [1.29, 1.82) is 0 Å². The highest BCUT2D eigenvalue weighted by Gasteiger charge is 2.08. The van der Waals surface area contributed by atoms with Gasteiger partial charge in [-0.3, -0.25) is 0 Å². The van der Waals surface area contributed by atoms with Crippen LogP contribution < -0.4 is 4.74 Å². The van der Waals surface area contributed by atoms with Gasteiger partial charge in [-0.15, -0.1) is 11.8 Å². The summed E-state index contributed by atoms with van der Waals surface area (Å²) in [6.45, 7) is 16.9. The molecule has 0 fully saturated rings. The molecular formula is C24H40OS. The maximum Gasteiger partial charge on any atom is 0.122 e. The standard InChI is InChI=1S/C8H8O.C8H8S.4C2H6/c2*1-2-4-8-7(3-1)5-6-9-8;4*1-2/h2*1-4H,5-6H2;4*1-2H3. The molecule has 0 spiro atoms. The number of ether oxygens (including phenoxy) is 1. The zero-order chi connectivity index (χ0) is 20.2. The Labute approximate surface area is 167 Å². The third kappa shape index (κ3) is 9.91. The average molecular weight is 377 g/mol. The van der Waals surface area contributed by atoms with Crippen molar-refractivity contribution < 1.29 is 4.74 Å². The highest BCUT2D eigenvalue weighted by Crippen LogP contribution is 2.30. The first-order valence-corrected chi connectivity index (χ1v) is 11.3. The molecule has 0 saturated heterocycles. The molecule has 0 bridgehead atoms. The van der Waals surface area contributed by atoms with Crippen LogP contribution in [0.4, 0.5) is 0 Å². The second kappa shape index (κ2) is 19.9. The molecular weight excluding hydrogens is 336 g/mol. The first-order chi connectivity index (χ1) is 12.9. The molecule has 0 radical (unpaired) electrons. The van der Waals surface area contributed by atoms with Crippen LogP contribution in [0.25, 0.3) is 0 Å². The molecule has 2 aromatic carbocycles. The van der Waals surface area contributed by atoms with E-state index in [-0.39, 0.29) is 0 Å². The second-order valence-electron chi connectivity index (χ2n) is 4.41. The van der Waals surface area contributed by atoms with E-state index in [2.05, 4.69) is 30.3 Å². The summed E-state index contributed by atoms with van der Waals surface area (Å²) >= 11 is 1.97. The molecule has 2 aliphatic rings. The number of fused-ring (bicyclic) bond motifs is 2. The second-order valence-corrected chi connectivity index (χ2v) is 5.55. The fourth-order valence-corrected chi connectivity index (χ4v) is 3.32. The monoisotopic (exact) mass is 376 g/mol. The van der Waals surface area contributed by atoms with Crippen LogP contribution in [-0.2, 0) is 12.8 Å². The van der Waals surface area contributed by atoms with Gasteiger partial charge in [0.2, 0.25) is 0 Å². The molecule has 2 aromatic rings. The lowest BCUT2D eigenvalue weighted by Crippen LogP contribution is -1.85. The van der Waals surface area contributed by atoms with Gasteiger partial charge in [-0.2, -0.15) is 0 Å². The predicted octanol–water partition coefficient (Wildman–Crippen LogP) is 8.06. The molecule has 2 aliphatic heterocycles. The summed E-state index contributed by atoms with van der Waals surface area (Å²) in [5.74, 6) is 2.34. The molecule has 148 valence electrons. The van der Waals surface area contributed by atoms with Crippen molar-refractivity contribution in [3.8, 4) is 5.75 Å². The lowest BCUT2D eigenvalue weighted by molar-refractivity contribution is 0.357. The van der Waals surface area contributed by atoms with Crippen LogP contribution in [0, 0.1) is 0 Å². The molecule has 0 amide bonds. The molecule has 4 rings (SSSR count). The lowest BCUT2D eigenvalue weighted by Gasteiger charge is -1.93. The van der Waals surface area contributed by atoms with Crippen LogP contribution in [0.2, 0.25) is 0 Å². The molecule has 0 saturated carbocycles. The van der Waals surface area contributed by atoms with Crippen molar-refractivity contribution >= 4 is 11.8 Å². The Kier molecular flexibility index (Phi) is 20.5. The van der Waals surface area contributed by atoms with Crippen LogP contribution >= 0.6 is 11.8 Å². The molecule has 0 unspecified atom stereocenters. The van der Waals surface area contributed by atoms with Gasteiger partial charge < -0.3 is 4.74 Å². The van der Waals surface area contributed by atoms with E-state index in [1.807, 2.05) is 85.4 Å². The summed E-state index contributed by atoms with van der Waals surface area (Å²) in [5, 5.41) is 0. The molecule has 0 N–H and O–H groups in total. The van der Waals surface area contributed by atoms with Crippen molar-refractivity contribution in [2.24, 2.45) is 0 Å². The van der Waals surface area contributed by atoms with Gasteiger partial charge in [-0.25, -0.2) is 0 Å². The number of rotatable bonds is 0. The fourth-order valence-electron chi connectivity index (χ4n) is 2.24. The van der Waals surface area contributed by atoms with E-state index in [0.29, 0.717) is 0 Å². The Morgan fingerprint density at radius 1 is 0.654 bits per heavy atom. The average Bonchev–Trinajstić information content (AvgIpc) is 3.44. The van der Waals surface area contributed by atoms with Crippen LogP contribution in [-0.4, -0.2) is 12.4 Å². The van der Waals surface area contributed by atoms with Gasteiger partial charge in [0.25, 0.3) is 0 Å². The summed E-state index contributed by atoms with van der Waals surface area (Å²) < 4.78 is 5.30. The highest BCUT2D eigenvalue weighted by molar-refractivity contribution is 7.99. The minimum Gasteiger partial charge on any atom is -0.493 e. The Balaban J connectivity index is 0. The smallest absolute Gasteiger partial charge is 0.122 e. The zero-order valence-electron chi connectivity index (χ0n) is 18.3. The normalized spacial score (nSPS) is 11.4. The van der Waals surface area contributed by atoms with E-state index in [4.69, 9.17) is 4.74 Å². The lowest BCUT2D eigenvalue weighted by atomic mass is 10.2. The van der Waals surface area contributed by atoms with Gasteiger partial charge in [0.1, 0.15) is 5.75 Å². The predicted molar refractivity (Wildman–Crippen MR) is 122 cm³/mol. The molecule has 0 aliphatic carbocycles. The van der Waals surface area contributed by atoms with E-state index in [9.17, 15) is 0 Å². The first kappa shape index (κ1) is 26.8. The Morgan fingerprint density at radius 2 is 1.19 bits per heavy atom. The fraction of sp³-hybridized carbons (Fsp3) is 0.500. The summed E-state index contributed by atoms with van der Waals surface area (Å²) in [5.41, 5.74) is 2.88. The van der Waals surface area contributed by atoms with Gasteiger partial charge in [-0.05, 0) is 29.7 Å². The van der Waals surface area contributed by atoms with Gasteiger partial charge in [0.15, 0.2) is 0 Å². The minimum atomic E-state index is 0.860. The number of benzene rings is 2. The maximum atomic E-state index is 5.30. The minimum absolute atomic E-state index is 0.860. The van der Waals surface area contributed by atoms with E-state index in [0.717, 1.165) is 18.8 Å². The van der Waals surface area contributed by atoms with Crippen molar-refractivity contribution in [1.82, 2.24) is 0 Å². The molecule has 26 heavy (non-hydrogen) atoms. The molecule has 0 atom stereocenters. The van der Waals surface area contributed by atoms with E-state index in [1.54, 1.807) is 0 Å². The topological polar surface area (TPSA) is 9.23 Å².